The minimum atomic E-state index is -4.01. The molecule has 1 aromatic carbocycles. The van der Waals surface area contributed by atoms with Crippen molar-refractivity contribution in [3.05, 3.63) is 52.2 Å². The Morgan fingerprint density at radius 1 is 1.30 bits per heavy atom. The summed E-state index contributed by atoms with van der Waals surface area (Å²) in [6, 6.07) is 9.63. The molecule has 0 atom stereocenters. The third-order valence-corrected chi connectivity index (χ3v) is 4.24. The lowest BCUT2D eigenvalue weighted by Crippen LogP contribution is -2.05. The highest BCUT2D eigenvalue weighted by Crippen LogP contribution is 2.14. The Kier molecular flexibility index (Phi) is 4.17. The summed E-state index contributed by atoms with van der Waals surface area (Å²) < 4.78 is 28.4. The van der Waals surface area contributed by atoms with Crippen LogP contribution in [0.5, 0.6) is 0 Å². The van der Waals surface area contributed by atoms with Crippen LogP contribution in [0.15, 0.2) is 51.1 Å². The second-order valence-corrected chi connectivity index (χ2v) is 6.21. The molecule has 0 N–H and O–H groups in total. The van der Waals surface area contributed by atoms with Gasteiger partial charge in [0.05, 0.1) is 0 Å². The van der Waals surface area contributed by atoms with E-state index in [2.05, 4.69) is 9.44 Å². The minimum Gasteiger partial charge on any atom is -0.263 e. The summed E-state index contributed by atoms with van der Waals surface area (Å²) >= 11 is 1.38. The Hall–Kier alpha value is -2.17. The van der Waals surface area contributed by atoms with Crippen LogP contribution in [0.2, 0.25) is 0 Å². The molecule has 0 aliphatic heterocycles. The number of nitrogens with zero attached hydrogens (tertiary/aromatic N) is 2. The van der Waals surface area contributed by atoms with Gasteiger partial charge in [0, 0.05) is 10.9 Å². The van der Waals surface area contributed by atoms with Crippen molar-refractivity contribution in [1.29, 1.82) is 5.26 Å². The SMILES string of the molecule is Cc1ccc(S(=O)(=O)O/N=C(\C#N)c2ccsc2)cc1. The molecule has 0 saturated carbocycles. The zero-order chi connectivity index (χ0) is 14.6. The quantitative estimate of drug-likeness (QED) is 0.642. The van der Waals surface area contributed by atoms with Crippen LogP contribution >= 0.6 is 11.3 Å². The number of aryl methyl sites for hydroxylation is 1. The molecule has 1 heterocycles. The van der Waals surface area contributed by atoms with Crippen LogP contribution in [0.4, 0.5) is 0 Å². The smallest absolute Gasteiger partial charge is 0.263 e. The number of oxime groups is 1. The number of benzene rings is 1. The van der Waals surface area contributed by atoms with E-state index >= 15 is 0 Å². The van der Waals surface area contributed by atoms with Gasteiger partial charge >= 0.3 is 10.1 Å². The van der Waals surface area contributed by atoms with Crippen LogP contribution in [-0.2, 0) is 14.4 Å². The van der Waals surface area contributed by atoms with Gasteiger partial charge in [-0.1, -0.05) is 22.9 Å². The molecule has 1 aromatic heterocycles. The lowest BCUT2D eigenvalue weighted by atomic mass is 10.2. The Morgan fingerprint density at radius 2 is 2.00 bits per heavy atom. The molecule has 2 aromatic rings. The molecule has 0 spiro atoms. The number of nitriles is 1. The molecular formula is C13H10N2O3S2. The van der Waals surface area contributed by atoms with E-state index < -0.39 is 10.1 Å². The molecule has 0 radical (unpaired) electrons. The third kappa shape index (κ3) is 3.23. The first-order chi connectivity index (χ1) is 9.53. The van der Waals surface area contributed by atoms with Crippen molar-refractivity contribution in [1.82, 2.24) is 0 Å². The fraction of sp³-hybridized carbons (Fsp3) is 0.0769. The molecule has 0 amide bonds. The molecule has 0 fully saturated rings. The molecule has 0 aliphatic carbocycles. The van der Waals surface area contributed by atoms with E-state index in [0.29, 0.717) is 5.56 Å². The van der Waals surface area contributed by atoms with Crippen molar-refractivity contribution in [2.45, 2.75) is 11.8 Å². The molecule has 2 rings (SSSR count). The maximum Gasteiger partial charge on any atom is 0.358 e. The van der Waals surface area contributed by atoms with Crippen molar-refractivity contribution >= 4 is 27.2 Å². The summed E-state index contributed by atoms with van der Waals surface area (Å²) in [6.45, 7) is 1.85. The van der Waals surface area contributed by atoms with Gasteiger partial charge in [-0.05, 0) is 30.5 Å². The Labute approximate surface area is 120 Å². The van der Waals surface area contributed by atoms with E-state index in [1.165, 1.54) is 23.5 Å². The van der Waals surface area contributed by atoms with Gasteiger partial charge in [0.25, 0.3) is 0 Å². The fourth-order valence-corrected chi connectivity index (χ4v) is 2.74. The molecule has 0 aliphatic rings. The Balaban J connectivity index is 2.25. The van der Waals surface area contributed by atoms with Gasteiger partial charge in [-0.25, -0.2) is 0 Å². The predicted molar refractivity (Wildman–Crippen MR) is 75.9 cm³/mol. The summed E-state index contributed by atoms with van der Waals surface area (Å²) in [5.41, 5.74) is 1.38. The number of hydrogen-bond donors (Lipinski definition) is 0. The molecule has 20 heavy (non-hydrogen) atoms. The van der Waals surface area contributed by atoms with E-state index in [9.17, 15) is 8.42 Å². The summed E-state index contributed by atoms with van der Waals surface area (Å²) in [5, 5.41) is 15.8. The standard InChI is InChI=1S/C13H10N2O3S2/c1-10-2-4-12(5-3-10)20(16,17)18-15-13(8-14)11-6-7-19-9-11/h2-7,9H,1H3/b15-13+. The Morgan fingerprint density at radius 3 is 2.55 bits per heavy atom. The highest BCUT2D eigenvalue weighted by Gasteiger charge is 2.16. The van der Waals surface area contributed by atoms with Crippen molar-refractivity contribution in [2.75, 3.05) is 0 Å². The normalized spacial score (nSPS) is 11.9. The first kappa shape index (κ1) is 14.2. The van der Waals surface area contributed by atoms with Crippen molar-refractivity contribution in [3.63, 3.8) is 0 Å². The van der Waals surface area contributed by atoms with Crippen LogP contribution in [0.25, 0.3) is 0 Å². The maximum atomic E-state index is 11.9. The van der Waals surface area contributed by atoms with Crippen molar-refractivity contribution in [3.8, 4) is 6.07 Å². The van der Waals surface area contributed by atoms with Crippen LogP contribution < -0.4 is 0 Å². The monoisotopic (exact) mass is 306 g/mol. The lowest BCUT2D eigenvalue weighted by molar-refractivity contribution is 0.339. The highest BCUT2D eigenvalue weighted by molar-refractivity contribution is 7.86. The van der Waals surface area contributed by atoms with Crippen molar-refractivity contribution < 1.29 is 12.7 Å². The number of thiophene rings is 1. The first-order valence-electron chi connectivity index (χ1n) is 5.54. The second kappa shape index (κ2) is 5.86. The van der Waals surface area contributed by atoms with Gasteiger partial charge in [0.1, 0.15) is 11.0 Å². The van der Waals surface area contributed by atoms with Crippen LogP contribution in [0, 0.1) is 18.3 Å². The largest absolute Gasteiger partial charge is 0.358 e. The summed E-state index contributed by atoms with van der Waals surface area (Å²) in [4.78, 5) is -0.00513. The molecular weight excluding hydrogens is 296 g/mol. The average molecular weight is 306 g/mol. The van der Waals surface area contributed by atoms with Crippen LogP contribution in [0.1, 0.15) is 11.1 Å². The van der Waals surface area contributed by atoms with Gasteiger partial charge in [-0.15, -0.1) is 0 Å². The summed E-state index contributed by atoms with van der Waals surface area (Å²) in [6.07, 6.45) is 0. The van der Waals surface area contributed by atoms with Crippen molar-refractivity contribution in [2.24, 2.45) is 5.16 Å². The molecule has 5 nitrogen and oxygen atoms in total. The topological polar surface area (TPSA) is 79.5 Å². The minimum absolute atomic E-state index is 0.00513. The van der Waals surface area contributed by atoms with E-state index in [-0.39, 0.29) is 10.6 Å². The van der Waals surface area contributed by atoms with Gasteiger partial charge in [0.15, 0.2) is 5.71 Å². The van der Waals surface area contributed by atoms with E-state index in [1.807, 2.05) is 6.92 Å². The van der Waals surface area contributed by atoms with Gasteiger partial charge < -0.3 is 0 Å². The van der Waals surface area contributed by atoms with Crippen LogP contribution in [-0.4, -0.2) is 14.1 Å². The molecule has 0 saturated heterocycles. The second-order valence-electron chi connectivity index (χ2n) is 3.91. The van der Waals surface area contributed by atoms with Gasteiger partial charge in [0.2, 0.25) is 0 Å². The lowest BCUT2D eigenvalue weighted by Gasteiger charge is -2.02. The summed E-state index contributed by atoms with van der Waals surface area (Å²) in [7, 11) is -4.01. The molecule has 7 heteroatoms. The van der Waals surface area contributed by atoms with E-state index in [1.54, 1.807) is 35.0 Å². The predicted octanol–water partition coefficient (Wildman–Crippen LogP) is 2.69. The zero-order valence-corrected chi connectivity index (χ0v) is 12.1. The van der Waals surface area contributed by atoms with Crippen LogP contribution in [0.3, 0.4) is 0 Å². The van der Waals surface area contributed by atoms with E-state index in [0.717, 1.165) is 5.56 Å². The Bertz CT molecular complexity index is 755. The molecule has 0 unspecified atom stereocenters. The van der Waals surface area contributed by atoms with Gasteiger partial charge in [-0.3, -0.25) is 4.28 Å². The maximum absolute atomic E-state index is 11.9. The average Bonchev–Trinajstić information content (AvgIpc) is 2.94. The third-order valence-electron chi connectivity index (χ3n) is 2.44. The zero-order valence-electron chi connectivity index (χ0n) is 10.5. The van der Waals surface area contributed by atoms with Gasteiger partial charge in [-0.2, -0.15) is 25.0 Å². The fourth-order valence-electron chi connectivity index (χ4n) is 1.37. The highest BCUT2D eigenvalue weighted by atomic mass is 32.2. The number of hydrogen-bond acceptors (Lipinski definition) is 6. The summed E-state index contributed by atoms with van der Waals surface area (Å²) in [5.74, 6) is 0. The van der Waals surface area contributed by atoms with E-state index in [4.69, 9.17) is 5.26 Å². The molecule has 0 bridgehead atoms. The first-order valence-corrected chi connectivity index (χ1v) is 7.89. The molecule has 102 valence electrons. The number of rotatable bonds is 4.